The number of nitrogens with zero attached hydrogens (tertiary/aromatic N) is 1. The van der Waals surface area contributed by atoms with Crippen LogP contribution in [-0.4, -0.2) is 142 Å². The zero-order chi connectivity index (χ0) is 39.0. The molecule has 0 saturated carbocycles. The third kappa shape index (κ3) is 9.27. The molecule has 7 N–H and O–H groups in total. The van der Waals surface area contributed by atoms with Gasteiger partial charge in [0.15, 0.2) is 12.6 Å². The van der Waals surface area contributed by atoms with Crippen LogP contribution in [0.25, 0.3) is 0 Å². The second kappa shape index (κ2) is 16.9. The van der Waals surface area contributed by atoms with Crippen molar-refractivity contribution in [3.63, 3.8) is 0 Å². The quantitative estimate of drug-likeness (QED) is 0.206. The van der Waals surface area contributed by atoms with Crippen molar-refractivity contribution in [2.45, 2.75) is 167 Å². The largest absolute Gasteiger partial charge is 0.459 e. The van der Waals surface area contributed by atoms with Gasteiger partial charge in [0.25, 0.3) is 0 Å². The van der Waals surface area contributed by atoms with Crippen LogP contribution in [-0.2, 0) is 33.2 Å². The van der Waals surface area contributed by atoms with Crippen LogP contribution < -0.4 is 5.73 Å². The molecule has 298 valence electrons. The predicted molar refractivity (Wildman–Crippen MR) is 189 cm³/mol. The molecule has 0 aromatic heterocycles. The number of aliphatic hydroxyl groups is 5. The molecular formula is C37H68N2O12. The molecule has 14 heteroatoms. The Bertz CT molecular complexity index is 1200. The Hall–Kier alpha value is -1.43. The van der Waals surface area contributed by atoms with Crippen LogP contribution in [0.5, 0.6) is 0 Å². The standard InChI is InChI=1S/C37H68N2O12/c1-14-25-37(10,45)30(42)20(4)26(38)18(2)16-35(8,44)31(51-34-27(40)24(39(11)12)15-19(3)48-34)21(5)28(22(6)32(43)49-25)50-33-23(7)29(41)36(9,46-13)17-47-33/h18-19,21-25,27-31,33-34,40-42,44-45H,14-17,38H2,1-13H3/t18-,19+,21-,22+,23-,24-,25-,27+,28+,29-,30-,31-,33-,34-,35+,36+,37+/m0/s1. The highest BCUT2D eigenvalue weighted by molar-refractivity contribution is 5.73. The Morgan fingerprint density at radius 2 is 1.59 bits per heavy atom. The molecule has 2 saturated heterocycles. The van der Waals surface area contributed by atoms with Crippen molar-refractivity contribution < 1.29 is 58.7 Å². The second-order valence-corrected chi connectivity index (χ2v) is 16.4. The number of carbonyl (C=O) groups is 1. The van der Waals surface area contributed by atoms with Gasteiger partial charge in [0, 0.05) is 30.7 Å². The normalized spacial score (nSPS) is 48.3. The third-order valence-electron chi connectivity index (χ3n) is 11.8. The number of allylic oxidation sites excluding steroid dienone is 1. The molecule has 0 aliphatic carbocycles. The van der Waals surface area contributed by atoms with E-state index in [1.807, 2.05) is 25.9 Å². The van der Waals surface area contributed by atoms with Crippen molar-refractivity contribution in [1.29, 1.82) is 0 Å². The van der Waals surface area contributed by atoms with Gasteiger partial charge in [-0.3, -0.25) is 4.79 Å². The van der Waals surface area contributed by atoms with Gasteiger partial charge in [-0.05, 0) is 86.4 Å². The minimum absolute atomic E-state index is 0.00427. The molecule has 3 heterocycles. The predicted octanol–water partition coefficient (Wildman–Crippen LogP) is 1.67. The number of likely N-dealkylation sites (N-methyl/N-ethyl adjacent to an activating group) is 1. The second-order valence-electron chi connectivity index (χ2n) is 16.4. The molecule has 0 aromatic rings. The number of hydrogen-bond donors (Lipinski definition) is 6. The van der Waals surface area contributed by atoms with Crippen molar-refractivity contribution in [2.75, 3.05) is 27.8 Å². The van der Waals surface area contributed by atoms with Gasteiger partial charge in [0.05, 0.1) is 42.5 Å². The van der Waals surface area contributed by atoms with Crippen LogP contribution in [0.2, 0.25) is 0 Å². The summed E-state index contributed by atoms with van der Waals surface area (Å²) in [6, 6.07) is -0.299. The molecule has 3 aliphatic heterocycles. The number of rotatable bonds is 7. The van der Waals surface area contributed by atoms with Gasteiger partial charge in [-0.15, -0.1) is 0 Å². The Morgan fingerprint density at radius 1 is 0.980 bits per heavy atom. The van der Waals surface area contributed by atoms with E-state index in [-0.39, 0.29) is 42.9 Å². The lowest BCUT2D eigenvalue weighted by atomic mass is 9.76. The molecule has 3 rings (SSSR count). The lowest BCUT2D eigenvalue weighted by Crippen LogP contribution is -2.61. The summed E-state index contributed by atoms with van der Waals surface area (Å²) in [6.07, 6.45) is -8.55. The van der Waals surface area contributed by atoms with Crippen molar-refractivity contribution in [3.05, 3.63) is 11.3 Å². The summed E-state index contributed by atoms with van der Waals surface area (Å²) in [5.41, 5.74) is 2.55. The summed E-state index contributed by atoms with van der Waals surface area (Å²) in [5, 5.41) is 58.2. The summed E-state index contributed by atoms with van der Waals surface area (Å²) in [4.78, 5) is 16.0. The fraction of sp³-hybridized carbons (Fsp3) is 0.919. The molecule has 14 nitrogen and oxygen atoms in total. The zero-order valence-corrected chi connectivity index (χ0v) is 33.0. The molecule has 0 aromatic carbocycles. The summed E-state index contributed by atoms with van der Waals surface area (Å²) < 4.78 is 37.1. The Morgan fingerprint density at radius 3 is 2.14 bits per heavy atom. The van der Waals surface area contributed by atoms with E-state index in [2.05, 4.69) is 0 Å². The molecular weight excluding hydrogens is 664 g/mol. The van der Waals surface area contributed by atoms with E-state index in [1.54, 1.807) is 55.4 Å². The van der Waals surface area contributed by atoms with E-state index in [0.29, 0.717) is 6.42 Å². The van der Waals surface area contributed by atoms with Crippen LogP contribution in [0.1, 0.15) is 88.5 Å². The number of aliphatic hydroxyl groups excluding tert-OH is 3. The first-order chi connectivity index (χ1) is 23.4. The van der Waals surface area contributed by atoms with Gasteiger partial charge in [-0.1, -0.05) is 27.7 Å². The van der Waals surface area contributed by atoms with E-state index in [1.165, 1.54) is 14.0 Å². The molecule has 17 atom stereocenters. The highest BCUT2D eigenvalue weighted by Gasteiger charge is 2.53. The minimum Gasteiger partial charge on any atom is -0.459 e. The van der Waals surface area contributed by atoms with E-state index < -0.39 is 95.6 Å². The van der Waals surface area contributed by atoms with Gasteiger partial charge in [-0.2, -0.15) is 0 Å². The number of ether oxygens (including phenoxy) is 6. The van der Waals surface area contributed by atoms with Crippen LogP contribution in [0.4, 0.5) is 0 Å². The number of cyclic esters (lactones) is 1. The summed E-state index contributed by atoms with van der Waals surface area (Å²) in [5.74, 6) is -3.71. The average Bonchev–Trinajstić information content (AvgIpc) is 3.06. The number of hydrogen-bond acceptors (Lipinski definition) is 14. The Balaban J connectivity index is 2.20. The molecule has 0 bridgehead atoms. The van der Waals surface area contributed by atoms with Gasteiger partial charge >= 0.3 is 5.97 Å². The average molecular weight is 733 g/mol. The van der Waals surface area contributed by atoms with E-state index >= 15 is 0 Å². The van der Waals surface area contributed by atoms with Gasteiger partial charge in [0.2, 0.25) is 0 Å². The van der Waals surface area contributed by atoms with Crippen molar-refractivity contribution in [3.8, 4) is 0 Å². The van der Waals surface area contributed by atoms with Crippen LogP contribution >= 0.6 is 0 Å². The first-order valence-electron chi connectivity index (χ1n) is 18.4. The molecule has 0 spiro atoms. The fourth-order valence-electron chi connectivity index (χ4n) is 8.20. The Labute approximate surface area is 304 Å². The number of nitrogens with two attached hydrogens (primary N) is 1. The first kappa shape index (κ1) is 44.0. The highest BCUT2D eigenvalue weighted by atomic mass is 16.7. The lowest BCUT2D eigenvalue weighted by Gasteiger charge is -2.49. The lowest BCUT2D eigenvalue weighted by molar-refractivity contribution is -0.319. The number of methoxy groups -OCH3 is 1. The molecule has 51 heavy (non-hydrogen) atoms. The topological polar surface area (TPSA) is 203 Å². The van der Waals surface area contributed by atoms with Crippen molar-refractivity contribution in [1.82, 2.24) is 4.90 Å². The monoisotopic (exact) mass is 732 g/mol. The third-order valence-corrected chi connectivity index (χ3v) is 11.8. The van der Waals surface area contributed by atoms with E-state index in [9.17, 15) is 30.3 Å². The van der Waals surface area contributed by atoms with Gasteiger partial charge in [-0.25, -0.2) is 0 Å². The summed E-state index contributed by atoms with van der Waals surface area (Å²) in [7, 11) is 5.22. The summed E-state index contributed by atoms with van der Waals surface area (Å²) in [6.45, 7) is 16.9. The zero-order valence-electron chi connectivity index (χ0n) is 33.0. The maximum Gasteiger partial charge on any atom is 0.311 e. The molecule has 3 aliphatic rings. The van der Waals surface area contributed by atoms with Gasteiger partial charge < -0.3 is 64.6 Å². The number of esters is 1. The fourth-order valence-corrected chi connectivity index (χ4v) is 8.20. The minimum atomic E-state index is -1.91. The SMILES string of the molecule is CC[C@@H]1OC(=O)[C@H](C)[C@H](O[C@@H]2OC[C@@](C)(OC)[C@@H](O)[C@@H]2C)[C@H](C)[C@H](O[C@@H]2O[C@H](C)C[C@H](N(C)C)[C@H]2O)[C@](C)(O)C[C@H](C)C(N)=C(C)[C@H](O)[C@]1(C)O. The highest BCUT2D eigenvalue weighted by Crippen LogP contribution is 2.41. The van der Waals surface area contributed by atoms with E-state index in [4.69, 9.17) is 34.2 Å². The van der Waals surface area contributed by atoms with Crippen LogP contribution in [0.3, 0.4) is 0 Å². The first-order valence-corrected chi connectivity index (χ1v) is 18.4. The van der Waals surface area contributed by atoms with Crippen molar-refractivity contribution >= 4 is 5.97 Å². The molecule has 0 radical (unpaired) electrons. The number of carbonyl (C=O) groups excluding carboxylic acids is 1. The van der Waals surface area contributed by atoms with Crippen molar-refractivity contribution in [2.24, 2.45) is 29.4 Å². The molecule has 0 amide bonds. The molecule has 2 fully saturated rings. The maximum absolute atomic E-state index is 14.1. The van der Waals surface area contributed by atoms with Crippen LogP contribution in [0, 0.1) is 23.7 Å². The maximum atomic E-state index is 14.1. The van der Waals surface area contributed by atoms with Gasteiger partial charge in [0.1, 0.15) is 29.5 Å². The summed E-state index contributed by atoms with van der Waals surface area (Å²) >= 11 is 0. The Kier molecular flexibility index (Phi) is 14.6. The molecule has 0 unspecified atom stereocenters. The van der Waals surface area contributed by atoms with E-state index in [0.717, 1.165) is 0 Å². The van der Waals surface area contributed by atoms with Crippen LogP contribution in [0.15, 0.2) is 11.3 Å². The smallest absolute Gasteiger partial charge is 0.311 e.